The van der Waals surface area contributed by atoms with Crippen LogP contribution >= 0.6 is 0 Å². The van der Waals surface area contributed by atoms with E-state index < -0.39 is 12.1 Å². The monoisotopic (exact) mass is 410 g/mol. The molecule has 0 bridgehead atoms. The molecule has 0 spiro atoms. The summed E-state index contributed by atoms with van der Waals surface area (Å²) < 4.78 is 6.46. The molecule has 158 valence electrons. The number of hydrogen-bond acceptors (Lipinski definition) is 6. The van der Waals surface area contributed by atoms with Gasteiger partial charge in [0.2, 0.25) is 0 Å². The molecule has 7 nitrogen and oxygen atoms in total. The van der Waals surface area contributed by atoms with E-state index in [9.17, 15) is 19.8 Å². The van der Waals surface area contributed by atoms with E-state index in [0.29, 0.717) is 29.0 Å². The van der Waals surface area contributed by atoms with Crippen molar-refractivity contribution < 1.29 is 19.7 Å². The van der Waals surface area contributed by atoms with Gasteiger partial charge in [0.1, 0.15) is 12.4 Å². The Kier molecular flexibility index (Phi) is 5.94. The van der Waals surface area contributed by atoms with Crippen LogP contribution in [0.3, 0.4) is 0 Å². The van der Waals surface area contributed by atoms with Gasteiger partial charge in [-0.2, -0.15) is 0 Å². The topological polar surface area (TPSA) is 102 Å². The second-order valence-electron chi connectivity index (χ2n) is 6.64. The largest absolute Gasteiger partial charge is 0.508 e. The number of phenolic OH excluding ortho intramolecular Hbond substituents is 1. The molecule has 4 heterocycles. The predicted octanol–water partition coefficient (Wildman–Crippen LogP) is 3.58. The van der Waals surface area contributed by atoms with Crippen LogP contribution in [0.4, 0.5) is 0 Å². The van der Waals surface area contributed by atoms with Gasteiger partial charge in [0.25, 0.3) is 5.56 Å². The normalized spacial score (nSPS) is 15.7. The number of carbonyl (C=O) groups excluding carboxylic acids is 1. The second kappa shape index (κ2) is 8.28. The highest BCUT2D eigenvalue weighted by Crippen LogP contribution is 2.36. The van der Waals surface area contributed by atoms with Crippen LogP contribution in [0.1, 0.15) is 56.1 Å². The molecule has 0 saturated carbocycles. The molecule has 0 saturated heterocycles. The van der Waals surface area contributed by atoms with Crippen LogP contribution in [-0.4, -0.2) is 25.7 Å². The van der Waals surface area contributed by atoms with E-state index in [2.05, 4.69) is 4.98 Å². The number of esters is 1. The molecule has 0 aliphatic carbocycles. The highest BCUT2D eigenvalue weighted by Gasteiger charge is 2.33. The number of aryl methyl sites for hydroxylation is 1. The van der Waals surface area contributed by atoms with Crippen molar-refractivity contribution in [2.75, 3.05) is 0 Å². The molecule has 5 rings (SSSR count). The lowest BCUT2D eigenvalue weighted by atomic mass is 10.00. The molecule has 0 radical (unpaired) electrons. The van der Waals surface area contributed by atoms with Crippen molar-refractivity contribution in [3.8, 4) is 17.1 Å². The Labute approximate surface area is 174 Å². The number of carbonyl (C=O) groups is 1. The number of aromatic nitrogens is 2. The highest BCUT2D eigenvalue weighted by atomic mass is 16.5. The van der Waals surface area contributed by atoms with Crippen molar-refractivity contribution in [2.24, 2.45) is 0 Å². The van der Waals surface area contributed by atoms with Crippen LogP contribution in [0.15, 0.2) is 29.1 Å². The average molecular weight is 410 g/mol. The van der Waals surface area contributed by atoms with Gasteiger partial charge < -0.3 is 19.5 Å². The zero-order valence-electron chi connectivity index (χ0n) is 17.8. The summed E-state index contributed by atoms with van der Waals surface area (Å²) in [4.78, 5) is 29.1. The van der Waals surface area contributed by atoms with E-state index in [4.69, 9.17) is 4.74 Å². The maximum absolute atomic E-state index is 12.8. The number of hydrogen-bond donors (Lipinski definition) is 2. The van der Waals surface area contributed by atoms with Crippen molar-refractivity contribution >= 4 is 16.9 Å². The van der Waals surface area contributed by atoms with E-state index in [-0.39, 0.29) is 23.5 Å². The quantitative estimate of drug-likeness (QED) is 0.430. The molecule has 2 aliphatic rings. The van der Waals surface area contributed by atoms with Gasteiger partial charge in [-0.15, -0.1) is 0 Å². The summed E-state index contributed by atoms with van der Waals surface area (Å²) in [5.74, 6) is -0.557. The molecule has 2 N–H and O–H groups in total. The van der Waals surface area contributed by atoms with Gasteiger partial charge in [0.15, 0.2) is 6.10 Å². The number of nitrogens with zero attached hydrogens (tertiary/aromatic N) is 2. The van der Waals surface area contributed by atoms with Gasteiger partial charge >= 0.3 is 5.97 Å². The van der Waals surface area contributed by atoms with Gasteiger partial charge in [-0.05, 0) is 31.2 Å². The summed E-state index contributed by atoms with van der Waals surface area (Å²) in [6.07, 6.45) is -1.46. The minimum atomic E-state index is -1.46. The van der Waals surface area contributed by atoms with E-state index in [1.807, 2.05) is 40.7 Å². The molecular formula is C23H26N2O5. The maximum atomic E-state index is 12.8. The lowest BCUT2D eigenvalue weighted by molar-refractivity contribution is -0.157. The molecule has 30 heavy (non-hydrogen) atoms. The van der Waals surface area contributed by atoms with Crippen molar-refractivity contribution in [3.05, 3.63) is 56.9 Å². The fraction of sp³-hybridized carbons (Fsp3) is 0.348. The molecule has 0 fully saturated rings. The summed E-state index contributed by atoms with van der Waals surface area (Å²) >= 11 is 0. The third kappa shape index (κ3) is 3.15. The van der Waals surface area contributed by atoms with Crippen LogP contribution < -0.4 is 5.56 Å². The lowest BCUT2D eigenvalue weighted by Gasteiger charge is -2.21. The molecule has 1 unspecified atom stereocenters. The van der Waals surface area contributed by atoms with Gasteiger partial charge in [-0.3, -0.25) is 4.79 Å². The summed E-state index contributed by atoms with van der Waals surface area (Å²) in [6.45, 7) is 10.0. The number of pyridine rings is 2. The number of fused-ring (bicyclic) bond motifs is 5. The van der Waals surface area contributed by atoms with E-state index >= 15 is 0 Å². The summed E-state index contributed by atoms with van der Waals surface area (Å²) in [5.41, 5.74) is 3.81. The zero-order valence-corrected chi connectivity index (χ0v) is 17.8. The molecule has 7 heteroatoms. The summed E-state index contributed by atoms with van der Waals surface area (Å²) in [7, 11) is 0. The first-order chi connectivity index (χ1) is 14.5. The maximum Gasteiger partial charge on any atom is 0.340 e. The van der Waals surface area contributed by atoms with E-state index in [0.717, 1.165) is 16.5 Å². The first-order valence-corrected chi connectivity index (χ1v) is 10.2. The molecule has 0 amide bonds. The fourth-order valence-corrected chi connectivity index (χ4v) is 3.73. The molecule has 3 aromatic rings. The fourth-order valence-electron chi connectivity index (χ4n) is 3.73. The second-order valence-corrected chi connectivity index (χ2v) is 6.64. The predicted molar refractivity (Wildman–Crippen MR) is 114 cm³/mol. The third-order valence-electron chi connectivity index (χ3n) is 5.20. The molecule has 2 aromatic heterocycles. The number of cyclic esters (lactones) is 1. The zero-order chi connectivity index (χ0) is 22.2. The number of aromatic hydroxyl groups is 1. The Bertz CT molecular complexity index is 1200. The molecule has 1 aromatic carbocycles. The van der Waals surface area contributed by atoms with Crippen molar-refractivity contribution in [2.45, 2.75) is 53.9 Å². The van der Waals surface area contributed by atoms with Gasteiger partial charge in [-0.1, -0.05) is 27.7 Å². The standard InChI is InChI=1S/C19H14N2O5.2C2H6/c1-8-10-4-9-6-21-14(16(9)20-13(10)2-3-15(8)22)5-11-12(18(21)24)7-26-19(25)17(11)23;2*1-2/h2-5,17,22-23H,6-7H2,1H3;2*1-2H3. The van der Waals surface area contributed by atoms with Crippen molar-refractivity contribution in [1.29, 1.82) is 0 Å². The average Bonchev–Trinajstić information content (AvgIpc) is 3.14. The first-order valence-electron chi connectivity index (χ1n) is 10.2. The smallest absolute Gasteiger partial charge is 0.340 e. The first kappa shape index (κ1) is 21.5. The van der Waals surface area contributed by atoms with Crippen LogP contribution in [0.2, 0.25) is 0 Å². The minimum absolute atomic E-state index is 0.136. The summed E-state index contributed by atoms with van der Waals surface area (Å²) in [6, 6.07) is 6.89. The number of phenols is 1. The summed E-state index contributed by atoms with van der Waals surface area (Å²) in [5, 5.41) is 20.9. The van der Waals surface area contributed by atoms with Crippen LogP contribution in [0.5, 0.6) is 5.75 Å². The SMILES string of the molecule is CC.CC.Cc1c(O)ccc2nc3c(cc12)Cn1c-3cc2c(c1=O)COC(=O)C2O. The van der Waals surface area contributed by atoms with Crippen LogP contribution in [-0.2, 0) is 22.7 Å². The number of aliphatic hydroxyl groups is 1. The van der Waals surface area contributed by atoms with Crippen molar-refractivity contribution in [1.82, 2.24) is 9.55 Å². The molecule has 2 aliphatic heterocycles. The van der Waals surface area contributed by atoms with Gasteiger partial charge in [-0.25, -0.2) is 9.78 Å². The number of rotatable bonds is 0. The van der Waals surface area contributed by atoms with E-state index in [1.165, 1.54) is 0 Å². The van der Waals surface area contributed by atoms with Crippen LogP contribution in [0.25, 0.3) is 22.3 Å². The molecule has 1 atom stereocenters. The van der Waals surface area contributed by atoms with Gasteiger partial charge in [0, 0.05) is 22.1 Å². The Morgan fingerprint density at radius 3 is 2.53 bits per heavy atom. The van der Waals surface area contributed by atoms with Gasteiger partial charge in [0.05, 0.1) is 29.0 Å². The minimum Gasteiger partial charge on any atom is -0.508 e. The lowest BCUT2D eigenvalue weighted by Crippen LogP contribution is -2.32. The Balaban J connectivity index is 0.000000606. The Morgan fingerprint density at radius 2 is 1.83 bits per heavy atom. The van der Waals surface area contributed by atoms with Crippen LogP contribution in [0, 0.1) is 6.92 Å². The number of benzene rings is 1. The number of aliphatic hydroxyl groups excluding tert-OH is 1. The highest BCUT2D eigenvalue weighted by molar-refractivity contribution is 5.88. The Hall–Kier alpha value is -3.19. The van der Waals surface area contributed by atoms with Crippen molar-refractivity contribution in [3.63, 3.8) is 0 Å². The number of ether oxygens (including phenoxy) is 1. The van der Waals surface area contributed by atoms with E-state index in [1.54, 1.807) is 22.8 Å². The third-order valence-corrected chi connectivity index (χ3v) is 5.20. The Morgan fingerprint density at radius 1 is 1.13 bits per heavy atom. The molecular weight excluding hydrogens is 384 g/mol.